The second-order valence-electron chi connectivity index (χ2n) is 7.02. The molecule has 0 aliphatic carbocycles. The van der Waals surface area contributed by atoms with E-state index in [9.17, 15) is 13.5 Å². The van der Waals surface area contributed by atoms with Crippen molar-refractivity contribution in [2.75, 3.05) is 32.4 Å². The number of likely N-dealkylation sites (tertiary alicyclic amines) is 1. The van der Waals surface area contributed by atoms with E-state index in [1.807, 2.05) is 36.4 Å². The van der Waals surface area contributed by atoms with Gasteiger partial charge in [0.05, 0.1) is 6.10 Å². The highest BCUT2D eigenvalue weighted by molar-refractivity contribution is 7.89. The number of nitrogen functional groups attached to an aromatic ring is 1. The summed E-state index contributed by atoms with van der Waals surface area (Å²) in [5.41, 5.74) is 8.17. The summed E-state index contributed by atoms with van der Waals surface area (Å²) in [4.78, 5) is 2.12. The van der Waals surface area contributed by atoms with Crippen LogP contribution < -0.4 is 10.5 Å². The maximum absolute atomic E-state index is 13.1. The first-order valence-electron chi connectivity index (χ1n) is 9.14. The van der Waals surface area contributed by atoms with Crippen LogP contribution in [-0.4, -0.2) is 51.2 Å². The first kappa shape index (κ1) is 19.8. The number of benzene rings is 2. The van der Waals surface area contributed by atoms with Gasteiger partial charge in [-0.25, -0.2) is 13.1 Å². The van der Waals surface area contributed by atoms with Crippen molar-refractivity contribution in [3.63, 3.8) is 0 Å². The number of nitrogens with one attached hydrogen (secondary N) is 1. The van der Waals surface area contributed by atoms with E-state index in [0.29, 0.717) is 30.8 Å². The Kier molecular flexibility index (Phi) is 6.16. The average Bonchev–Trinajstić information content (AvgIpc) is 3.08. The number of nitrogens with zero attached hydrogens (tertiary/aromatic N) is 1. The third-order valence-corrected chi connectivity index (χ3v) is 7.04. The lowest BCUT2D eigenvalue weighted by atomic mass is 9.90. The van der Waals surface area contributed by atoms with Crippen LogP contribution in [-0.2, 0) is 10.0 Å². The molecule has 1 heterocycles. The Morgan fingerprint density at radius 1 is 1.19 bits per heavy atom. The van der Waals surface area contributed by atoms with Crippen molar-refractivity contribution in [3.8, 4) is 0 Å². The summed E-state index contributed by atoms with van der Waals surface area (Å²) in [7, 11) is -2.22. The van der Waals surface area contributed by atoms with Crippen molar-refractivity contribution in [1.82, 2.24) is 9.62 Å². The summed E-state index contributed by atoms with van der Waals surface area (Å²) in [5.74, 6) is -0.321. The Balaban J connectivity index is 2.08. The standard InChI is InChI=1S/C20H27N3O3S/c1-22-27(25,26)20(17-9-5-6-10-19(17)21)18(15-7-3-2-4-8-15)14-23-12-11-16(24)13-23/h2-10,16,18,20,22,24H,11-14,21H2,1H3/t16-,18?,20+/m0/s1. The van der Waals surface area contributed by atoms with Gasteiger partial charge in [0.15, 0.2) is 0 Å². The Morgan fingerprint density at radius 2 is 1.85 bits per heavy atom. The van der Waals surface area contributed by atoms with Crippen LogP contribution in [0.2, 0.25) is 0 Å². The van der Waals surface area contributed by atoms with Gasteiger partial charge in [0, 0.05) is 31.2 Å². The van der Waals surface area contributed by atoms with E-state index in [1.165, 1.54) is 7.05 Å². The summed E-state index contributed by atoms with van der Waals surface area (Å²) in [5, 5.41) is 9.07. The Bertz CT molecular complexity index is 858. The number of nitrogens with two attached hydrogens (primary N) is 1. The second-order valence-corrected chi connectivity index (χ2v) is 9.02. The third kappa shape index (κ3) is 4.50. The molecule has 3 rings (SSSR count). The Morgan fingerprint density at radius 3 is 2.44 bits per heavy atom. The average molecular weight is 390 g/mol. The van der Waals surface area contributed by atoms with E-state index in [4.69, 9.17) is 5.73 Å². The zero-order valence-electron chi connectivity index (χ0n) is 15.5. The van der Waals surface area contributed by atoms with E-state index in [1.54, 1.807) is 18.2 Å². The number of β-amino-alcohol motifs (C(OH)–C–C–N with tert-alkyl or cyclic N) is 1. The quantitative estimate of drug-likeness (QED) is 0.627. The van der Waals surface area contributed by atoms with Crippen LogP contribution in [0.3, 0.4) is 0 Å². The number of sulfonamides is 1. The molecule has 0 bridgehead atoms. The predicted octanol–water partition coefficient (Wildman–Crippen LogP) is 1.71. The summed E-state index contributed by atoms with van der Waals surface area (Å²) in [6.45, 7) is 1.84. The summed E-state index contributed by atoms with van der Waals surface area (Å²) in [6.07, 6.45) is 0.348. The molecule has 1 fully saturated rings. The van der Waals surface area contributed by atoms with Gasteiger partial charge in [-0.15, -0.1) is 0 Å². The molecule has 2 aromatic rings. The first-order valence-corrected chi connectivity index (χ1v) is 10.7. The number of aliphatic hydroxyl groups excluding tert-OH is 1. The molecular weight excluding hydrogens is 362 g/mol. The van der Waals surface area contributed by atoms with Crippen molar-refractivity contribution in [3.05, 3.63) is 65.7 Å². The molecule has 0 aromatic heterocycles. The van der Waals surface area contributed by atoms with Crippen LogP contribution in [0.15, 0.2) is 54.6 Å². The van der Waals surface area contributed by atoms with E-state index in [2.05, 4.69) is 9.62 Å². The number of rotatable bonds is 7. The van der Waals surface area contributed by atoms with E-state index in [-0.39, 0.29) is 12.0 Å². The largest absolute Gasteiger partial charge is 0.398 e. The molecule has 1 aliphatic heterocycles. The molecule has 0 saturated carbocycles. The Labute approximate surface area is 161 Å². The number of aliphatic hydroxyl groups is 1. The highest BCUT2D eigenvalue weighted by Crippen LogP contribution is 2.40. The van der Waals surface area contributed by atoms with Crippen LogP contribution in [0.4, 0.5) is 5.69 Å². The second kappa shape index (κ2) is 8.39. The van der Waals surface area contributed by atoms with Gasteiger partial charge < -0.3 is 15.7 Å². The van der Waals surface area contributed by atoms with Crippen LogP contribution in [0.25, 0.3) is 0 Å². The molecule has 1 aliphatic rings. The van der Waals surface area contributed by atoms with Gasteiger partial charge in [-0.2, -0.15) is 0 Å². The number of hydrogen-bond donors (Lipinski definition) is 3. The minimum absolute atomic E-state index is 0.321. The van der Waals surface area contributed by atoms with Gasteiger partial charge >= 0.3 is 0 Å². The van der Waals surface area contributed by atoms with E-state index >= 15 is 0 Å². The molecule has 1 saturated heterocycles. The molecular formula is C20H27N3O3S. The minimum Gasteiger partial charge on any atom is -0.398 e. The molecule has 4 N–H and O–H groups in total. The van der Waals surface area contributed by atoms with Gasteiger partial charge in [-0.3, -0.25) is 0 Å². The fourth-order valence-corrected chi connectivity index (χ4v) is 5.31. The van der Waals surface area contributed by atoms with E-state index in [0.717, 1.165) is 12.1 Å². The third-order valence-electron chi connectivity index (χ3n) is 5.22. The summed E-state index contributed by atoms with van der Waals surface area (Å²) in [6, 6.07) is 16.8. The molecule has 7 heteroatoms. The zero-order chi connectivity index (χ0) is 19.4. The van der Waals surface area contributed by atoms with Crippen LogP contribution in [0.5, 0.6) is 0 Å². The highest BCUT2D eigenvalue weighted by atomic mass is 32.2. The molecule has 3 atom stereocenters. The van der Waals surface area contributed by atoms with Crippen molar-refractivity contribution >= 4 is 15.7 Å². The minimum atomic E-state index is -3.66. The molecule has 0 radical (unpaired) electrons. The van der Waals surface area contributed by atoms with Crippen molar-refractivity contribution in [2.45, 2.75) is 23.7 Å². The van der Waals surface area contributed by atoms with Gasteiger partial charge in [-0.05, 0) is 30.7 Å². The highest BCUT2D eigenvalue weighted by Gasteiger charge is 2.38. The van der Waals surface area contributed by atoms with Gasteiger partial charge in [0.1, 0.15) is 5.25 Å². The SMILES string of the molecule is CNS(=O)(=O)[C@H](c1ccccc1N)C(CN1CC[C@H](O)C1)c1ccccc1. The van der Waals surface area contributed by atoms with Crippen molar-refractivity contribution < 1.29 is 13.5 Å². The number of anilines is 1. The summed E-state index contributed by atoms with van der Waals surface area (Å²) >= 11 is 0. The van der Waals surface area contributed by atoms with E-state index < -0.39 is 15.3 Å². The lowest BCUT2D eigenvalue weighted by Gasteiger charge is -2.31. The molecule has 0 amide bonds. The van der Waals surface area contributed by atoms with Crippen molar-refractivity contribution in [2.24, 2.45) is 0 Å². The number of hydrogen-bond acceptors (Lipinski definition) is 5. The smallest absolute Gasteiger partial charge is 0.219 e. The molecule has 1 unspecified atom stereocenters. The normalized spacial score (nSPS) is 20.4. The monoisotopic (exact) mass is 389 g/mol. The fourth-order valence-electron chi connectivity index (χ4n) is 3.83. The fraction of sp³-hybridized carbons (Fsp3) is 0.400. The lowest BCUT2D eigenvalue weighted by Crippen LogP contribution is -2.36. The summed E-state index contributed by atoms with van der Waals surface area (Å²) < 4.78 is 28.6. The molecule has 27 heavy (non-hydrogen) atoms. The topological polar surface area (TPSA) is 95.7 Å². The van der Waals surface area contributed by atoms with Gasteiger partial charge in [0.2, 0.25) is 10.0 Å². The Hall–Kier alpha value is -1.93. The maximum atomic E-state index is 13.1. The zero-order valence-corrected chi connectivity index (χ0v) is 16.3. The predicted molar refractivity (Wildman–Crippen MR) is 108 cm³/mol. The van der Waals surface area contributed by atoms with Gasteiger partial charge in [0.25, 0.3) is 0 Å². The molecule has 2 aromatic carbocycles. The molecule has 0 spiro atoms. The van der Waals surface area contributed by atoms with Crippen LogP contribution in [0.1, 0.15) is 28.7 Å². The van der Waals surface area contributed by atoms with Crippen LogP contribution >= 0.6 is 0 Å². The van der Waals surface area contributed by atoms with Crippen molar-refractivity contribution in [1.29, 1.82) is 0 Å². The molecule has 6 nitrogen and oxygen atoms in total. The number of para-hydroxylation sites is 1. The maximum Gasteiger partial charge on any atom is 0.219 e. The van der Waals surface area contributed by atoms with Crippen LogP contribution in [0, 0.1) is 0 Å². The van der Waals surface area contributed by atoms with Gasteiger partial charge in [-0.1, -0.05) is 48.5 Å². The lowest BCUT2D eigenvalue weighted by molar-refractivity contribution is 0.174. The first-order chi connectivity index (χ1) is 12.9. The molecule has 146 valence electrons.